The maximum Gasteiger partial charge on any atom is 0.244 e. The van der Waals surface area contributed by atoms with E-state index in [-0.39, 0.29) is 11.4 Å². The van der Waals surface area contributed by atoms with Crippen LogP contribution in [0.2, 0.25) is 0 Å². The van der Waals surface area contributed by atoms with Gasteiger partial charge in [0.05, 0.1) is 25.7 Å². The van der Waals surface area contributed by atoms with E-state index in [4.69, 9.17) is 10.00 Å². The number of ether oxygens (including phenoxy) is 1. The molecule has 1 fully saturated rings. The quantitative estimate of drug-likeness (QED) is 0.750. The molecule has 0 unspecified atom stereocenters. The standard InChI is InChI=1S/C22H28N4O2/c1-22(2,26-12-14-28-15-13-26)17-24-21(27)9-8-18-16-25(11-5-10-23)20-7-4-3-6-19(18)20/h3-4,6-9,16H,5,11-15,17H2,1-2H3,(H,24,27)/b9-8+. The summed E-state index contributed by atoms with van der Waals surface area (Å²) in [5.74, 6) is -0.102. The summed E-state index contributed by atoms with van der Waals surface area (Å²) >= 11 is 0. The van der Waals surface area contributed by atoms with Crippen LogP contribution in [0.15, 0.2) is 36.5 Å². The van der Waals surface area contributed by atoms with Crippen molar-refractivity contribution in [1.29, 1.82) is 5.26 Å². The summed E-state index contributed by atoms with van der Waals surface area (Å²) < 4.78 is 7.48. The molecule has 28 heavy (non-hydrogen) atoms. The van der Waals surface area contributed by atoms with Crippen LogP contribution in [0.5, 0.6) is 0 Å². The van der Waals surface area contributed by atoms with Gasteiger partial charge in [0.25, 0.3) is 0 Å². The Morgan fingerprint density at radius 1 is 1.32 bits per heavy atom. The predicted molar refractivity (Wildman–Crippen MR) is 111 cm³/mol. The van der Waals surface area contributed by atoms with Crippen LogP contribution >= 0.6 is 0 Å². The van der Waals surface area contributed by atoms with Crippen LogP contribution in [0.4, 0.5) is 0 Å². The molecule has 0 radical (unpaired) electrons. The highest BCUT2D eigenvalue weighted by Crippen LogP contribution is 2.23. The fourth-order valence-corrected chi connectivity index (χ4v) is 3.57. The number of aryl methyl sites for hydroxylation is 1. The Balaban J connectivity index is 1.65. The third-order valence-corrected chi connectivity index (χ3v) is 5.26. The van der Waals surface area contributed by atoms with Crippen molar-refractivity contribution in [2.45, 2.75) is 32.4 Å². The van der Waals surface area contributed by atoms with Crippen molar-refractivity contribution >= 4 is 22.9 Å². The zero-order valence-corrected chi connectivity index (χ0v) is 16.6. The van der Waals surface area contributed by atoms with Crippen molar-refractivity contribution < 1.29 is 9.53 Å². The number of para-hydroxylation sites is 1. The maximum atomic E-state index is 12.4. The van der Waals surface area contributed by atoms with E-state index in [1.54, 1.807) is 6.08 Å². The van der Waals surface area contributed by atoms with Gasteiger partial charge in [-0.25, -0.2) is 0 Å². The van der Waals surface area contributed by atoms with Crippen molar-refractivity contribution in [1.82, 2.24) is 14.8 Å². The van der Waals surface area contributed by atoms with Crippen molar-refractivity contribution in [3.8, 4) is 6.07 Å². The molecule has 1 aromatic carbocycles. The van der Waals surface area contributed by atoms with Gasteiger partial charge in [0.2, 0.25) is 5.91 Å². The van der Waals surface area contributed by atoms with E-state index in [1.807, 2.05) is 36.5 Å². The molecule has 148 valence electrons. The van der Waals surface area contributed by atoms with Crippen LogP contribution in [0, 0.1) is 11.3 Å². The first kappa shape index (κ1) is 20.1. The highest BCUT2D eigenvalue weighted by atomic mass is 16.5. The third kappa shape index (κ3) is 4.80. The number of benzene rings is 1. The van der Waals surface area contributed by atoms with Gasteiger partial charge in [-0.3, -0.25) is 9.69 Å². The number of aromatic nitrogens is 1. The number of hydrogen-bond donors (Lipinski definition) is 1. The lowest BCUT2D eigenvalue weighted by Crippen LogP contribution is -2.55. The van der Waals surface area contributed by atoms with Crippen LogP contribution in [-0.2, 0) is 16.1 Å². The van der Waals surface area contributed by atoms with E-state index in [1.165, 1.54) is 0 Å². The molecule has 6 nitrogen and oxygen atoms in total. The summed E-state index contributed by atoms with van der Waals surface area (Å²) in [6.45, 7) is 8.78. The predicted octanol–water partition coefficient (Wildman–Crippen LogP) is 2.80. The molecular weight excluding hydrogens is 352 g/mol. The minimum atomic E-state index is -0.111. The minimum Gasteiger partial charge on any atom is -0.379 e. The van der Waals surface area contributed by atoms with Crippen molar-refractivity contribution in [3.05, 3.63) is 42.1 Å². The van der Waals surface area contributed by atoms with Crippen molar-refractivity contribution in [2.24, 2.45) is 0 Å². The molecule has 1 aliphatic heterocycles. The van der Waals surface area contributed by atoms with Gasteiger partial charge in [-0.2, -0.15) is 5.26 Å². The van der Waals surface area contributed by atoms with Crippen molar-refractivity contribution in [3.63, 3.8) is 0 Å². The van der Waals surface area contributed by atoms with Crippen LogP contribution < -0.4 is 5.32 Å². The number of morpholine rings is 1. The number of nitrogens with one attached hydrogen (secondary N) is 1. The van der Waals surface area contributed by atoms with Crippen molar-refractivity contribution in [2.75, 3.05) is 32.8 Å². The zero-order valence-electron chi connectivity index (χ0n) is 16.6. The number of amides is 1. The lowest BCUT2D eigenvalue weighted by molar-refractivity contribution is -0.117. The Morgan fingerprint density at radius 2 is 2.07 bits per heavy atom. The summed E-state index contributed by atoms with van der Waals surface area (Å²) in [5, 5.41) is 13.0. The van der Waals surface area contributed by atoms with Crippen LogP contribution in [-0.4, -0.2) is 53.8 Å². The molecule has 0 spiro atoms. The average molecular weight is 380 g/mol. The Bertz CT molecular complexity index is 886. The molecule has 3 rings (SSSR count). The van der Waals surface area contributed by atoms with E-state index in [0.29, 0.717) is 19.5 Å². The third-order valence-electron chi connectivity index (χ3n) is 5.26. The molecule has 2 heterocycles. The van der Waals surface area contributed by atoms with E-state index in [0.717, 1.165) is 42.8 Å². The molecular formula is C22H28N4O2. The number of carbonyl (C=O) groups is 1. The van der Waals surface area contributed by atoms with E-state index in [9.17, 15) is 4.79 Å². The molecule has 1 aromatic heterocycles. The topological polar surface area (TPSA) is 70.3 Å². The Morgan fingerprint density at radius 3 is 2.82 bits per heavy atom. The Labute approximate surface area is 166 Å². The summed E-state index contributed by atoms with van der Waals surface area (Å²) in [7, 11) is 0. The largest absolute Gasteiger partial charge is 0.379 e. The second-order valence-electron chi connectivity index (χ2n) is 7.67. The maximum absolute atomic E-state index is 12.4. The second-order valence-corrected chi connectivity index (χ2v) is 7.67. The molecule has 0 bridgehead atoms. The van der Waals surface area contributed by atoms with E-state index >= 15 is 0 Å². The van der Waals surface area contributed by atoms with Gasteiger partial charge in [0.1, 0.15) is 0 Å². The lowest BCUT2D eigenvalue weighted by Gasteiger charge is -2.40. The Kier molecular flexibility index (Phi) is 6.50. The molecule has 1 aliphatic rings. The lowest BCUT2D eigenvalue weighted by atomic mass is 10.0. The number of carbonyl (C=O) groups excluding carboxylic acids is 1. The summed E-state index contributed by atoms with van der Waals surface area (Å²) in [6, 6.07) is 10.2. The van der Waals surface area contributed by atoms with Gasteiger partial charge in [-0.1, -0.05) is 18.2 Å². The van der Waals surface area contributed by atoms with Gasteiger partial charge in [0.15, 0.2) is 0 Å². The molecule has 1 amide bonds. The van der Waals surface area contributed by atoms with Gasteiger partial charge in [-0.15, -0.1) is 0 Å². The summed E-state index contributed by atoms with van der Waals surface area (Å²) in [4.78, 5) is 14.7. The molecule has 6 heteroatoms. The molecule has 1 saturated heterocycles. The molecule has 0 aliphatic carbocycles. The minimum absolute atomic E-state index is 0.102. The smallest absolute Gasteiger partial charge is 0.244 e. The number of nitriles is 1. The highest BCUT2D eigenvalue weighted by Gasteiger charge is 2.28. The summed E-state index contributed by atoms with van der Waals surface area (Å²) in [6.07, 6.45) is 5.90. The molecule has 1 N–H and O–H groups in total. The fourth-order valence-electron chi connectivity index (χ4n) is 3.57. The molecule has 0 atom stereocenters. The monoisotopic (exact) mass is 380 g/mol. The van der Waals surface area contributed by atoms with Crippen LogP contribution in [0.3, 0.4) is 0 Å². The molecule has 2 aromatic rings. The van der Waals surface area contributed by atoms with Gasteiger partial charge in [-0.05, 0) is 26.0 Å². The number of hydrogen-bond acceptors (Lipinski definition) is 4. The highest BCUT2D eigenvalue weighted by molar-refractivity contribution is 5.96. The first-order valence-corrected chi connectivity index (χ1v) is 9.75. The van der Waals surface area contributed by atoms with Gasteiger partial charge >= 0.3 is 0 Å². The van der Waals surface area contributed by atoms with Gasteiger partial charge < -0.3 is 14.6 Å². The number of fused-ring (bicyclic) bond motifs is 1. The second kappa shape index (κ2) is 9.05. The zero-order chi connectivity index (χ0) is 20.0. The molecule has 0 saturated carbocycles. The van der Waals surface area contributed by atoms with E-state index < -0.39 is 0 Å². The van der Waals surface area contributed by atoms with Gasteiger partial charge in [0, 0.05) is 60.5 Å². The summed E-state index contributed by atoms with van der Waals surface area (Å²) in [5.41, 5.74) is 1.95. The SMILES string of the molecule is CC(C)(CNC(=O)/C=C/c1cn(CCC#N)c2ccccc12)N1CCOCC1. The normalized spacial score (nSPS) is 15.8. The van der Waals surface area contributed by atoms with Crippen LogP contribution in [0.25, 0.3) is 17.0 Å². The Hall–Kier alpha value is -2.62. The van der Waals surface area contributed by atoms with Crippen LogP contribution in [0.1, 0.15) is 25.8 Å². The first-order valence-electron chi connectivity index (χ1n) is 9.75. The number of nitrogens with zero attached hydrogens (tertiary/aromatic N) is 3. The number of rotatable bonds is 7. The fraction of sp³-hybridized carbons (Fsp3) is 0.455. The average Bonchev–Trinajstić information content (AvgIpc) is 3.08. The first-order chi connectivity index (χ1) is 13.5. The van der Waals surface area contributed by atoms with E-state index in [2.05, 4.69) is 34.7 Å².